The molecule has 0 spiro atoms. The summed E-state index contributed by atoms with van der Waals surface area (Å²) in [6, 6.07) is 4.11. The lowest BCUT2D eigenvalue weighted by molar-refractivity contribution is 0.0238. The molecule has 1 amide bonds. The van der Waals surface area contributed by atoms with Gasteiger partial charge in [0, 0.05) is 30.6 Å². The molecule has 0 saturated heterocycles. The Morgan fingerprint density at radius 3 is 2.55 bits per heavy atom. The van der Waals surface area contributed by atoms with Gasteiger partial charge in [0.25, 0.3) is 0 Å². The molecule has 0 radical (unpaired) electrons. The SMILES string of the molecule is CCNC(=NCC(C)(O)c1cccs1)NCCN(C(=O)OC(C)(C)C)C1CC1.I. The van der Waals surface area contributed by atoms with Crippen LogP contribution in [0.1, 0.15) is 52.3 Å². The summed E-state index contributed by atoms with van der Waals surface area (Å²) in [5.74, 6) is 0.624. The van der Waals surface area contributed by atoms with Crippen molar-refractivity contribution in [2.24, 2.45) is 4.99 Å². The predicted molar refractivity (Wildman–Crippen MR) is 129 cm³/mol. The molecule has 1 aliphatic rings. The third-order valence-electron chi connectivity index (χ3n) is 4.20. The van der Waals surface area contributed by atoms with Crippen molar-refractivity contribution < 1.29 is 14.6 Å². The van der Waals surface area contributed by atoms with Crippen LogP contribution in [0.25, 0.3) is 0 Å². The number of nitrogens with one attached hydrogen (secondary N) is 2. The largest absolute Gasteiger partial charge is 0.444 e. The Bertz CT molecular complexity index is 655. The van der Waals surface area contributed by atoms with Gasteiger partial charge in [-0.2, -0.15) is 0 Å². The zero-order chi connectivity index (χ0) is 20.8. The summed E-state index contributed by atoms with van der Waals surface area (Å²) < 4.78 is 5.52. The third kappa shape index (κ3) is 9.08. The Labute approximate surface area is 195 Å². The van der Waals surface area contributed by atoms with E-state index in [1.54, 1.807) is 11.8 Å². The highest BCUT2D eigenvalue weighted by atomic mass is 127. The maximum absolute atomic E-state index is 12.4. The topological polar surface area (TPSA) is 86.2 Å². The van der Waals surface area contributed by atoms with Crippen LogP contribution in [-0.2, 0) is 10.3 Å². The number of aliphatic hydroxyl groups is 1. The van der Waals surface area contributed by atoms with E-state index in [1.165, 1.54) is 11.3 Å². The van der Waals surface area contributed by atoms with Gasteiger partial charge in [-0.1, -0.05) is 6.07 Å². The number of hydrogen-bond donors (Lipinski definition) is 3. The fourth-order valence-corrected chi connectivity index (χ4v) is 3.44. The van der Waals surface area contributed by atoms with Gasteiger partial charge in [-0.15, -0.1) is 35.3 Å². The molecule has 0 aromatic carbocycles. The van der Waals surface area contributed by atoms with E-state index in [4.69, 9.17) is 4.74 Å². The molecule has 1 fully saturated rings. The van der Waals surface area contributed by atoms with E-state index in [0.717, 1.165) is 17.7 Å². The van der Waals surface area contributed by atoms with Gasteiger partial charge >= 0.3 is 6.09 Å². The number of thiophene rings is 1. The minimum absolute atomic E-state index is 0. The number of ether oxygens (including phenoxy) is 1. The van der Waals surface area contributed by atoms with E-state index in [0.29, 0.717) is 25.6 Å². The highest BCUT2D eigenvalue weighted by Crippen LogP contribution is 2.28. The Balaban J connectivity index is 0.00000420. The highest BCUT2D eigenvalue weighted by Gasteiger charge is 2.34. The van der Waals surface area contributed by atoms with Crippen LogP contribution in [0, 0.1) is 0 Å². The monoisotopic (exact) mass is 538 g/mol. The van der Waals surface area contributed by atoms with E-state index < -0.39 is 11.2 Å². The van der Waals surface area contributed by atoms with Gasteiger partial charge < -0.3 is 25.4 Å². The second kappa shape index (κ2) is 11.4. The molecule has 1 aromatic rings. The Morgan fingerprint density at radius 1 is 1.34 bits per heavy atom. The van der Waals surface area contributed by atoms with Gasteiger partial charge in [-0.05, 0) is 58.9 Å². The number of halogens is 1. The van der Waals surface area contributed by atoms with Crippen molar-refractivity contribution >= 4 is 47.4 Å². The van der Waals surface area contributed by atoms with Gasteiger partial charge in [0.2, 0.25) is 0 Å². The molecule has 1 atom stereocenters. The molecule has 7 nitrogen and oxygen atoms in total. The molecule has 1 unspecified atom stereocenters. The molecule has 166 valence electrons. The lowest BCUT2D eigenvalue weighted by Crippen LogP contribution is -2.45. The van der Waals surface area contributed by atoms with Gasteiger partial charge in [0.05, 0.1) is 6.54 Å². The van der Waals surface area contributed by atoms with Gasteiger partial charge in [0.1, 0.15) is 11.2 Å². The first-order valence-corrected chi connectivity index (χ1v) is 10.8. The number of nitrogens with zero attached hydrogens (tertiary/aromatic N) is 2. The van der Waals surface area contributed by atoms with Crippen LogP contribution in [0.4, 0.5) is 4.79 Å². The van der Waals surface area contributed by atoms with Crippen LogP contribution < -0.4 is 10.6 Å². The van der Waals surface area contributed by atoms with E-state index in [-0.39, 0.29) is 42.7 Å². The first-order chi connectivity index (χ1) is 13.1. The fourth-order valence-electron chi connectivity index (χ4n) is 2.66. The number of amides is 1. The summed E-state index contributed by atoms with van der Waals surface area (Å²) in [6.45, 7) is 11.5. The number of rotatable bonds is 8. The van der Waals surface area contributed by atoms with E-state index in [2.05, 4.69) is 15.6 Å². The molecule has 1 aliphatic carbocycles. The zero-order valence-corrected chi connectivity index (χ0v) is 21.2. The molecule has 0 aliphatic heterocycles. The number of guanidine groups is 1. The second-order valence-electron chi connectivity index (χ2n) is 8.28. The summed E-state index contributed by atoms with van der Waals surface area (Å²) in [5, 5.41) is 19.0. The third-order valence-corrected chi connectivity index (χ3v) is 5.33. The molecular formula is C20H35IN4O3S. The second-order valence-corrected chi connectivity index (χ2v) is 9.23. The van der Waals surface area contributed by atoms with Crippen molar-refractivity contribution in [1.29, 1.82) is 0 Å². The van der Waals surface area contributed by atoms with Crippen LogP contribution in [-0.4, -0.2) is 59.9 Å². The summed E-state index contributed by atoms with van der Waals surface area (Å²) in [7, 11) is 0. The number of carbonyl (C=O) groups is 1. The normalized spacial score (nSPS) is 16.4. The van der Waals surface area contributed by atoms with E-state index in [1.807, 2.05) is 45.2 Å². The zero-order valence-electron chi connectivity index (χ0n) is 18.0. The van der Waals surface area contributed by atoms with Crippen molar-refractivity contribution in [3.63, 3.8) is 0 Å². The molecule has 3 N–H and O–H groups in total. The average Bonchev–Trinajstić information content (AvgIpc) is 3.25. The molecule has 0 bridgehead atoms. The maximum Gasteiger partial charge on any atom is 0.410 e. The van der Waals surface area contributed by atoms with Crippen molar-refractivity contribution in [1.82, 2.24) is 15.5 Å². The lowest BCUT2D eigenvalue weighted by atomic mass is 10.1. The minimum Gasteiger partial charge on any atom is -0.444 e. The predicted octanol–water partition coefficient (Wildman–Crippen LogP) is 3.53. The highest BCUT2D eigenvalue weighted by molar-refractivity contribution is 14.0. The molecule has 1 aromatic heterocycles. The minimum atomic E-state index is -1.01. The fraction of sp³-hybridized carbons (Fsp3) is 0.700. The smallest absolute Gasteiger partial charge is 0.410 e. The summed E-state index contributed by atoms with van der Waals surface area (Å²) in [4.78, 5) is 19.6. The van der Waals surface area contributed by atoms with Crippen LogP contribution in [0.15, 0.2) is 22.5 Å². The van der Waals surface area contributed by atoms with Gasteiger partial charge in [-0.25, -0.2) is 9.79 Å². The first-order valence-electron chi connectivity index (χ1n) is 9.90. The van der Waals surface area contributed by atoms with Crippen LogP contribution in [0.3, 0.4) is 0 Å². The lowest BCUT2D eigenvalue weighted by Gasteiger charge is -2.27. The quantitative estimate of drug-likeness (QED) is 0.268. The first kappa shape index (κ1) is 26.0. The van der Waals surface area contributed by atoms with Crippen molar-refractivity contribution in [3.05, 3.63) is 22.4 Å². The summed E-state index contributed by atoms with van der Waals surface area (Å²) in [5.41, 5.74) is -1.51. The molecule has 1 heterocycles. The Morgan fingerprint density at radius 2 is 2.03 bits per heavy atom. The molecule has 29 heavy (non-hydrogen) atoms. The average molecular weight is 538 g/mol. The molecule has 2 rings (SSSR count). The molecular weight excluding hydrogens is 503 g/mol. The maximum atomic E-state index is 12.4. The Kier molecular flexibility index (Phi) is 10.2. The van der Waals surface area contributed by atoms with E-state index >= 15 is 0 Å². The Hall–Kier alpha value is -1.07. The molecule has 1 saturated carbocycles. The molecule has 9 heteroatoms. The van der Waals surface area contributed by atoms with Crippen molar-refractivity contribution in [2.75, 3.05) is 26.2 Å². The number of hydrogen-bond acceptors (Lipinski definition) is 5. The number of carbonyl (C=O) groups excluding carboxylic acids is 1. The van der Waals surface area contributed by atoms with Crippen LogP contribution in [0.2, 0.25) is 0 Å². The standard InChI is InChI=1S/C20H34N4O3S.HI/c1-6-21-17(23-14-20(5,26)16-8-7-13-28-16)22-11-12-24(15-9-10-15)18(25)27-19(2,3)4;/h7-8,13,15,26H,6,9-12,14H2,1-5H3,(H2,21,22,23);1H. The van der Waals surface area contributed by atoms with Crippen LogP contribution in [0.5, 0.6) is 0 Å². The van der Waals surface area contributed by atoms with Gasteiger partial charge in [-0.3, -0.25) is 0 Å². The summed E-state index contributed by atoms with van der Waals surface area (Å²) in [6.07, 6.45) is 1.79. The van der Waals surface area contributed by atoms with Gasteiger partial charge in [0.15, 0.2) is 5.96 Å². The van der Waals surface area contributed by atoms with E-state index in [9.17, 15) is 9.90 Å². The van der Waals surface area contributed by atoms with Crippen molar-refractivity contribution in [3.8, 4) is 0 Å². The summed E-state index contributed by atoms with van der Waals surface area (Å²) >= 11 is 1.52. The van der Waals surface area contributed by atoms with Crippen molar-refractivity contribution in [2.45, 2.75) is 64.7 Å². The number of aliphatic imine (C=N–C) groups is 1. The van der Waals surface area contributed by atoms with Crippen LogP contribution >= 0.6 is 35.3 Å².